The molecule has 1 atom stereocenters. The van der Waals surface area contributed by atoms with Crippen LogP contribution in [0.25, 0.3) is 0 Å². The Balaban J connectivity index is 0.000000490. The zero-order chi connectivity index (χ0) is 5.28. The van der Waals surface area contributed by atoms with E-state index in [2.05, 4.69) is 31.1 Å². The summed E-state index contributed by atoms with van der Waals surface area (Å²) in [5, 5.41) is 0. The molecule has 1 aliphatic rings. The maximum absolute atomic E-state index is 3.77. The Bertz CT molecular complexity index is 84.5. The van der Waals surface area contributed by atoms with E-state index in [0.717, 1.165) is 6.42 Å². The van der Waals surface area contributed by atoms with Gasteiger partial charge in [-0.25, -0.2) is 0 Å². The second kappa shape index (κ2) is 3.24. The number of hydrogen-bond acceptors (Lipinski definition) is 1. The van der Waals surface area contributed by atoms with E-state index >= 15 is 0 Å². The summed E-state index contributed by atoms with van der Waals surface area (Å²) in [5.74, 6) is 0. The van der Waals surface area contributed by atoms with Crippen molar-refractivity contribution in [1.82, 2.24) is 4.90 Å². The predicted molar refractivity (Wildman–Crippen MR) is 30.4 cm³/mol. The van der Waals surface area contributed by atoms with Gasteiger partial charge in [0.2, 0.25) is 0 Å². The molecule has 0 fully saturated rings. The standard InChI is InChI=1S/C6H10N.Zn/c1-3-6(2)7-4-5-7;/h4-6H,1,3H2,2H3;/q-1;. The Labute approximate surface area is 63.5 Å². The van der Waals surface area contributed by atoms with Crippen molar-refractivity contribution in [3.05, 3.63) is 19.3 Å². The van der Waals surface area contributed by atoms with Gasteiger partial charge in [0.05, 0.1) is 0 Å². The van der Waals surface area contributed by atoms with Crippen LogP contribution in [-0.2, 0) is 19.5 Å². The molecule has 0 bridgehead atoms. The molecule has 0 saturated heterocycles. The fraction of sp³-hybridized carbons (Fsp3) is 0.500. The van der Waals surface area contributed by atoms with Crippen molar-refractivity contribution in [3.63, 3.8) is 0 Å². The Morgan fingerprint density at radius 3 is 2.25 bits per heavy atom. The minimum atomic E-state index is 0. The Hall–Kier alpha value is 0.163. The molecule has 0 aromatic heterocycles. The number of hydrogen-bond donors (Lipinski definition) is 0. The van der Waals surface area contributed by atoms with Crippen LogP contribution in [0.4, 0.5) is 0 Å². The van der Waals surface area contributed by atoms with E-state index in [1.807, 2.05) is 0 Å². The van der Waals surface area contributed by atoms with E-state index in [4.69, 9.17) is 0 Å². The first-order valence-electron chi connectivity index (χ1n) is 2.59. The average Bonchev–Trinajstić information content (AvgIpc) is 2.44. The molecule has 0 saturated carbocycles. The summed E-state index contributed by atoms with van der Waals surface area (Å²) >= 11 is 0. The van der Waals surface area contributed by atoms with Crippen molar-refractivity contribution >= 4 is 0 Å². The molecule has 1 nitrogen and oxygen atoms in total. The maximum Gasteiger partial charge on any atom is 0.0200 e. The molecular formula is C6H10NZn-. The van der Waals surface area contributed by atoms with Gasteiger partial charge in [0.15, 0.2) is 0 Å². The Morgan fingerprint density at radius 2 is 2.12 bits per heavy atom. The second-order valence-corrected chi connectivity index (χ2v) is 1.88. The third-order valence-electron chi connectivity index (χ3n) is 1.25. The summed E-state index contributed by atoms with van der Waals surface area (Å²) in [6, 6.07) is 0.625. The smallest absolute Gasteiger partial charge is 0.0200 e. The fourth-order valence-electron chi connectivity index (χ4n) is 0.481. The quantitative estimate of drug-likeness (QED) is 0.437. The van der Waals surface area contributed by atoms with Gasteiger partial charge in [-0.3, -0.25) is 0 Å². The van der Waals surface area contributed by atoms with Crippen LogP contribution in [0, 0.1) is 6.92 Å². The van der Waals surface area contributed by atoms with E-state index in [1.54, 1.807) is 0 Å². The van der Waals surface area contributed by atoms with Crippen molar-refractivity contribution < 1.29 is 19.5 Å². The molecule has 0 aliphatic carbocycles. The molecule has 0 amide bonds. The molecular weight excluding hydrogens is 151 g/mol. The van der Waals surface area contributed by atoms with Crippen molar-refractivity contribution in [2.75, 3.05) is 0 Å². The molecule has 42 valence electrons. The zero-order valence-corrected chi connectivity index (χ0v) is 8.27. The van der Waals surface area contributed by atoms with Crippen LogP contribution in [0.5, 0.6) is 0 Å². The first kappa shape index (κ1) is 8.16. The van der Waals surface area contributed by atoms with Crippen molar-refractivity contribution in [1.29, 1.82) is 0 Å². The second-order valence-electron chi connectivity index (χ2n) is 1.88. The van der Waals surface area contributed by atoms with Gasteiger partial charge in [-0.05, 0) is 6.92 Å². The Kier molecular flexibility index (Phi) is 3.31. The van der Waals surface area contributed by atoms with Crippen molar-refractivity contribution in [3.8, 4) is 0 Å². The minimum Gasteiger partial charge on any atom is -0.351 e. The molecule has 0 N–H and O–H groups in total. The van der Waals surface area contributed by atoms with Gasteiger partial charge in [0, 0.05) is 37.9 Å². The predicted octanol–water partition coefficient (Wildman–Crippen LogP) is 1.38. The molecule has 0 spiro atoms. The average molecular weight is 162 g/mol. The molecule has 1 heterocycles. The van der Waals surface area contributed by atoms with Gasteiger partial charge < -0.3 is 11.8 Å². The zero-order valence-electron chi connectivity index (χ0n) is 5.30. The molecule has 8 heavy (non-hydrogen) atoms. The normalized spacial score (nSPS) is 17.5. The third-order valence-corrected chi connectivity index (χ3v) is 1.25. The van der Waals surface area contributed by atoms with Gasteiger partial charge in [-0.1, -0.05) is 0 Å². The topological polar surface area (TPSA) is 3.01 Å². The van der Waals surface area contributed by atoms with Crippen LogP contribution >= 0.6 is 0 Å². The summed E-state index contributed by atoms with van der Waals surface area (Å²) in [6.07, 6.45) is 5.12. The molecule has 0 aromatic carbocycles. The number of nitrogens with zero attached hydrogens (tertiary/aromatic N) is 1. The molecule has 1 aliphatic heterocycles. The molecule has 1 rings (SSSR count). The van der Waals surface area contributed by atoms with Crippen LogP contribution in [0.3, 0.4) is 0 Å². The van der Waals surface area contributed by atoms with E-state index in [0.29, 0.717) is 6.04 Å². The van der Waals surface area contributed by atoms with Crippen LogP contribution < -0.4 is 0 Å². The van der Waals surface area contributed by atoms with Gasteiger partial charge >= 0.3 is 0 Å². The number of rotatable bonds is 2. The van der Waals surface area contributed by atoms with Crippen LogP contribution in [0.1, 0.15) is 13.3 Å². The maximum atomic E-state index is 3.77. The molecule has 0 aromatic rings. The van der Waals surface area contributed by atoms with Crippen LogP contribution in [0.2, 0.25) is 0 Å². The van der Waals surface area contributed by atoms with Gasteiger partial charge in [0.25, 0.3) is 0 Å². The minimum absolute atomic E-state index is 0. The summed E-state index contributed by atoms with van der Waals surface area (Å²) < 4.78 is 0. The van der Waals surface area contributed by atoms with Crippen LogP contribution in [-0.4, -0.2) is 10.9 Å². The van der Waals surface area contributed by atoms with Crippen LogP contribution in [0.15, 0.2) is 12.4 Å². The first-order valence-corrected chi connectivity index (χ1v) is 2.59. The SMILES string of the molecule is [CH2-]CC(C)N1C=C1.[Zn]. The summed E-state index contributed by atoms with van der Waals surface area (Å²) in [5.41, 5.74) is 0. The summed E-state index contributed by atoms with van der Waals surface area (Å²) in [4.78, 5) is 2.16. The first-order chi connectivity index (χ1) is 3.34. The Morgan fingerprint density at radius 1 is 1.62 bits per heavy atom. The van der Waals surface area contributed by atoms with Gasteiger partial charge in [0.1, 0.15) is 0 Å². The molecule has 2 heteroatoms. The van der Waals surface area contributed by atoms with Crippen molar-refractivity contribution in [2.24, 2.45) is 0 Å². The molecule has 1 unspecified atom stereocenters. The van der Waals surface area contributed by atoms with E-state index < -0.39 is 0 Å². The summed E-state index contributed by atoms with van der Waals surface area (Å²) in [6.45, 7) is 5.92. The third kappa shape index (κ3) is 1.96. The van der Waals surface area contributed by atoms with Gasteiger partial charge in [-0.2, -0.15) is 6.42 Å². The fourth-order valence-corrected chi connectivity index (χ4v) is 0.481. The van der Waals surface area contributed by atoms with E-state index in [-0.39, 0.29) is 19.5 Å². The van der Waals surface area contributed by atoms with E-state index in [1.165, 1.54) is 0 Å². The van der Waals surface area contributed by atoms with Crippen molar-refractivity contribution in [2.45, 2.75) is 19.4 Å². The van der Waals surface area contributed by atoms with Gasteiger partial charge in [-0.15, -0.1) is 0 Å². The monoisotopic (exact) mass is 160 g/mol. The van der Waals surface area contributed by atoms with E-state index in [9.17, 15) is 0 Å². The summed E-state index contributed by atoms with van der Waals surface area (Å²) in [7, 11) is 0. The largest absolute Gasteiger partial charge is 0.351 e. The molecule has 0 radical (unpaired) electrons.